The van der Waals surface area contributed by atoms with Gasteiger partial charge < -0.3 is 10.2 Å². The van der Waals surface area contributed by atoms with Gasteiger partial charge in [0.15, 0.2) is 5.13 Å². The lowest BCUT2D eigenvalue weighted by Gasteiger charge is -2.21. The monoisotopic (exact) mass is 504 g/mol. The fraction of sp³-hybridized carbons (Fsp3) is 0.600. The van der Waals surface area contributed by atoms with E-state index < -0.39 is 10.0 Å². The van der Waals surface area contributed by atoms with E-state index in [0.717, 1.165) is 50.0 Å². The summed E-state index contributed by atoms with van der Waals surface area (Å²) in [6.07, 6.45) is 6.42. The summed E-state index contributed by atoms with van der Waals surface area (Å²) in [5, 5.41) is 3.76. The Bertz CT molecular complexity index is 1090. The molecular weight excluding hydrogens is 468 g/mol. The Morgan fingerprint density at radius 3 is 2.53 bits per heavy atom. The first kappa shape index (κ1) is 25.3. The zero-order valence-electron chi connectivity index (χ0n) is 20.4. The Morgan fingerprint density at radius 2 is 1.88 bits per heavy atom. The topological polar surface area (TPSA) is 82.6 Å². The van der Waals surface area contributed by atoms with Gasteiger partial charge in [0.2, 0.25) is 15.9 Å². The highest BCUT2D eigenvalue weighted by atomic mass is 32.2. The lowest BCUT2D eigenvalue weighted by molar-refractivity contribution is -0.118. The second-order valence-electron chi connectivity index (χ2n) is 9.46. The van der Waals surface area contributed by atoms with Crippen molar-refractivity contribution in [1.29, 1.82) is 0 Å². The van der Waals surface area contributed by atoms with Crippen LogP contribution in [0, 0.1) is 5.92 Å². The molecule has 0 saturated heterocycles. The number of sulfonamides is 1. The summed E-state index contributed by atoms with van der Waals surface area (Å²) in [7, 11) is -1.42. The van der Waals surface area contributed by atoms with Crippen molar-refractivity contribution in [3.8, 4) is 0 Å². The van der Waals surface area contributed by atoms with Crippen LogP contribution in [0.4, 0.5) is 5.13 Å². The minimum absolute atomic E-state index is 0.0503. The first-order chi connectivity index (χ1) is 16.3. The molecule has 9 heteroatoms. The SMILES string of the molecule is CCN(CC)S(=O)(=O)c1ccc(C(CC2CCCC2)C(=O)Nc2nc3c(s2)CN(C)CC3)cc1. The predicted molar refractivity (Wildman–Crippen MR) is 137 cm³/mol. The quantitative estimate of drug-likeness (QED) is 0.545. The standard InChI is InChI=1S/C25H36N4O3S2/c1-4-29(5-2)34(31,32)20-12-10-19(11-13-20)21(16-18-8-6-7-9-18)24(30)27-25-26-22-14-15-28(3)17-23(22)33-25/h10-13,18,21H,4-9,14-17H2,1-3H3,(H,26,27,30). The van der Waals surface area contributed by atoms with Gasteiger partial charge in [-0.15, -0.1) is 11.3 Å². The van der Waals surface area contributed by atoms with Crippen molar-refractivity contribution < 1.29 is 13.2 Å². The molecule has 1 N–H and O–H groups in total. The molecule has 2 heterocycles. The molecule has 1 fully saturated rings. The number of nitrogens with one attached hydrogen (secondary N) is 1. The average Bonchev–Trinajstić information content (AvgIpc) is 3.47. The lowest BCUT2D eigenvalue weighted by Crippen LogP contribution is -2.30. The summed E-state index contributed by atoms with van der Waals surface area (Å²) in [6, 6.07) is 6.93. The third-order valence-corrected chi connectivity index (χ3v) is 10.2. The first-order valence-corrected chi connectivity index (χ1v) is 14.7. The van der Waals surface area contributed by atoms with Gasteiger partial charge in [0.1, 0.15) is 0 Å². The van der Waals surface area contributed by atoms with Gasteiger partial charge in [0.05, 0.1) is 16.5 Å². The summed E-state index contributed by atoms with van der Waals surface area (Å²) in [6.45, 7) is 6.40. The number of hydrogen-bond donors (Lipinski definition) is 1. The molecule has 1 aliphatic heterocycles. The zero-order chi connectivity index (χ0) is 24.3. The van der Waals surface area contributed by atoms with Crippen LogP contribution >= 0.6 is 11.3 Å². The molecule has 4 rings (SSSR count). The highest BCUT2D eigenvalue weighted by molar-refractivity contribution is 7.89. The summed E-state index contributed by atoms with van der Waals surface area (Å²) < 4.78 is 27.2. The van der Waals surface area contributed by atoms with Crippen LogP contribution in [0.2, 0.25) is 0 Å². The molecule has 1 aromatic carbocycles. The van der Waals surface area contributed by atoms with Crippen LogP contribution in [0.1, 0.15) is 68.0 Å². The number of anilines is 1. The largest absolute Gasteiger partial charge is 0.301 e. The number of rotatable bonds is 9. The van der Waals surface area contributed by atoms with Crippen LogP contribution in [0.3, 0.4) is 0 Å². The summed E-state index contributed by atoms with van der Waals surface area (Å²) >= 11 is 1.57. The Labute approximate surface area is 207 Å². The van der Waals surface area contributed by atoms with Gasteiger partial charge in [-0.2, -0.15) is 4.31 Å². The van der Waals surface area contributed by atoms with E-state index in [-0.39, 0.29) is 16.7 Å². The molecular formula is C25H36N4O3S2. The molecule has 2 aliphatic rings. The minimum Gasteiger partial charge on any atom is -0.301 e. The third-order valence-electron chi connectivity index (χ3n) is 7.14. The summed E-state index contributed by atoms with van der Waals surface area (Å²) in [4.78, 5) is 21.9. The number of nitrogens with zero attached hydrogens (tertiary/aromatic N) is 3. The third kappa shape index (κ3) is 5.53. The normalized spacial score (nSPS) is 18.2. The molecule has 1 aliphatic carbocycles. The smallest absolute Gasteiger partial charge is 0.243 e. The molecule has 1 saturated carbocycles. The zero-order valence-corrected chi connectivity index (χ0v) is 22.1. The van der Waals surface area contributed by atoms with Crippen LogP contribution < -0.4 is 5.32 Å². The molecule has 186 valence electrons. The number of carbonyl (C=O) groups excluding carboxylic acids is 1. The maximum Gasteiger partial charge on any atom is 0.243 e. The number of carbonyl (C=O) groups is 1. The average molecular weight is 505 g/mol. The number of fused-ring (bicyclic) bond motifs is 1. The molecule has 1 aromatic heterocycles. The van der Waals surface area contributed by atoms with Gasteiger partial charge in [-0.3, -0.25) is 4.79 Å². The van der Waals surface area contributed by atoms with Crippen LogP contribution in [-0.4, -0.2) is 55.2 Å². The summed E-state index contributed by atoms with van der Waals surface area (Å²) in [5.74, 6) is 0.149. The van der Waals surface area contributed by atoms with E-state index in [2.05, 4.69) is 17.3 Å². The number of likely N-dealkylation sites (N-methyl/N-ethyl adjacent to an activating group) is 1. The summed E-state index contributed by atoms with van der Waals surface area (Å²) in [5.41, 5.74) is 1.96. The van der Waals surface area contributed by atoms with Crippen molar-refractivity contribution in [3.05, 3.63) is 40.4 Å². The van der Waals surface area contributed by atoms with E-state index in [4.69, 9.17) is 4.98 Å². The van der Waals surface area contributed by atoms with Gasteiger partial charge in [-0.25, -0.2) is 13.4 Å². The molecule has 0 bridgehead atoms. The van der Waals surface area contributed by atoms with Crippen molar-refractivity contribution in [3.63, 3.8) is 0 Å². The van der Waals surface area contributed by atoms with E-state index in [1.165, 1.54) is 22.0 Å². The van der Waals surface area contributed by atoms with Crippen LogP contribution in [-0.2, 0) is 27.8 Å². The van der Waals surface area contributed by atoms with Gasteiger partial charge in [0.25, 0.3) is 0 Å². The van der Waals surface area contributed by atoms with Crippen molar-refractivity contribution >= 4 is 32.4 Å². The van der Waals surface area contributed by atoms with Gasteiger partial charge in [0, 0.05) is 37.5 Å². The van der Waals surface area contributed by atoms with Gasteiger partial charge in [-0.1, -0.05) is 51.7 Å². The molecule has 0 spiro atoms. The van der Waals surface area contributed by atoms with Crippen molar-refractivity contribution in [2.45, 2.75) is 69.7 Å². The molecule has 7 nitrogen and oxygen atoms in total. The number of thiazole rings is 1. The maximum atomic E-state index is 13.5. The van der Waals surface area contributed by atoms with E-state index in [1.54, 1.807) is 23.5 Å². The van der Waals surface area contributed by atoms with Crippen molar-refractivity contribution in [2.24, 2.45) is 5.92 Å². The number of hydrogen-bond acceptors (Lipinski definition) is 6. The fourth-order valence-corrected chi connectivity index (χ4v) is 7.68. The molecule has 0 radical (unpaired) electrons. The Balaban J connectivity index is 1.55. The predicted octanol–water partition coefficient (Wildman–Crippen LogP) is 4.46. The molecule has 1 unspecified atom stereocenters. The van der Waals surface area contributed by atoms with E-state index in [9.17, 15) is 13.2 Å². The number of benzene rings is 1. The molecule has 34 heavy (non-hydrogen) atoms. The Hall–Kier alpha value is -1.81. The van der Waals surface area contributed by atoms with Crippen LogP contribution in [0.25, 0.3) is 0 Å². The van der Waals surface area contributed by atoms with E-state index in [1.807, 2.05) is 26.0 Å². The lowest BCUT2D eigenvalue weighted by atomic mass is 9.87. The van der Waals surface area contributed by atoms with E-state index >= 15 is 0 Å². The Morgan fingerprint density at radius 1 is 1.21 bits per heavy atom. The van der Waals surface area contributed by atoms with Crippen molar-refractivity contribution in [2.75, 3.05) is 32.0 Å². The second kappa shape index (κ2) is 10.8. The molecule has 2 aromatic rings. The highest BCUT2D eigenvalue weighted by Gasteiger charge is 2.29. The Kier molecular flexibility index (Phi) is 8.07. The van der Waals surface area contributed by atoms with Gasteiger partial charge in [-0.05, 0) is 37.1 Å². The van der Waals surface area contributed by atoms with E-state index in [0.29, 0.717) is 24.1 Å². The number of aromatic nitrogens is 1. The number of amides is 1. The highest BCUT2D eigenvalue weighted by Crippen LogP contribution is 2.36. The maximum absolute atomic E-state index is 13.5. The fourth-order valence-electron chi connectivity index (χ4n) is 5.13. The second-order valence-corrected chi connectivity index (χ2v) is 12.5. The van der Waals surface area contributed by atoms with Crippen molar-refractivity contribution in [1.82, 2.24) is 14.2 Å². The molecule has 1 amide bonds. The first-order valence-electron chi connectivity index (χ1n) is 12.4. The minimum atomic E-state index is -3.52. The van der Waals surface area contributed by atoms with Crippen LogP contribution in [0.5, 0.6) is 0 Å². The molecule has 1 atom stereocenters. The van der Waals surface area contributed by atoms with Crippen LogP contribution in [0.15, 0.2) is 29.2 Å². The van der Waals surface area contributed by atoms with Gasteiger partial charge >= 0.3 is 0 Å².